The van der Waals surface area contributed by atoms with Crippen LogP contribution in [0.25, 0.3) is 0 Å². The predicted molar refractivity (Wildman–Crippen MR) is 64.0 cm³/mol. The minimum Gasteiger partial charge on any atom is -0.346 e. The number of hydrogen-bond donors (Lipinski definition) is 0. The summed E-state index contributed by atoms with van der Waals surface area (Å²) < 4.78 is 0. The number of unbranched alkanes of at least 4 members (excludes halogenated alkanes) is 1. The summed E-state index contributed by atoms with van der Waals surface area (Å²) in [5.41, 5.74) is 0. The zero-order valence-electron chi connectivity index (χ0n) is 9.10. The van der Waals surface area contributed by atoms with Gasteiger partial charge in [0.25, 0.3) is 0 Å². The van der Waals surface area contributed by atoms with Gasteiger partial charge in [-0.1, -0.05) is 0 Å². The second-order valence-electron chi connectivity index (χ2n) is 2.63. The molecule has 0 aliphatic heterocycles. The summed E-state index contributed by atoms with van der Waals surface area (Å²) in [7, 11) is 0. The Hall–Kier alpha value is -0.417. The fourth-order valence-electron chi connectivity index (χ4n) is 0.642. The van der Waals surface area contributed by atoms with Crippen LogP contribution in [0.4, 0.5) is 0 Å². The minimum absolute atomic E-state index is 0. The second-order valence-corrected chi connectivity index (χ2v) is 2.63. The molecule has 0 N–H and O–H groups in total. The first-order chi connectivity index (χ1) is 6.91. The van der Waals surface area contributed by atoms with Gasteiger partial charge in [-0.3, -0.25) is 0 Å². The van der Waals surface area contributed by atoms with Crippen LogP contribution in [0.2, 0.25) is 0 Å². The van der Waals surface area contributed by atoms with Crippen LogP contribution in [0.5, 0.6) is 0 Å². The third-order valence-electron chi connectivity index (χ3n) is 1.36. The van der Waals surface area contributed by atoms with Crippen molar-refractivity contribution in [1.82, 2.24) is 0 Å². The van der Waals surface area contributed by atoms with Gasteiger partial charge in [-0.25, -0.2) is 37.1 Å². The minimum atomic E-state index is 0. The molecule has 15 heavy (non-hydrogen) atoms. The summed E-state index contributed by atoms with van der Waals surface area (Å²) in [5, 5.41) is 0. The van der Waals surface area contributed by atoms with E-state index in [0.29, 0.717) is 0 Å². The fourth-order valence-corrected chi connectivity index (χ4v) is 0.642. The fraction of sp³-hybridized carbons (Fsp3) is 0.143. The summed E-state index contributed by atoms with van der Waals surface area (Å²) in [5.74, 6) is 0. The molecule has 0 atom stereocenters. The molecule has 0 aliphatic carbocycles. The van der Waals surface area contributed by atoms with Gasteiger partial charge < -0.3 is 13.8 Å². The van der Waals surface area contributed by atoms with Crippen LogP contribution in [0.15, 0.2) is 60.7 Å². The largest absolute Gasteiger partial charge is 4.00 e. The molecule has 0 unspecified atom stereocenters. The van der Waals surface area contributed by atoms with E-state index in [2.05, 4.69) is 13.8 Å². The van der Waals surface area contributed by atoms with Crippen molar-refractivity contribution in [2.45, 2.75) is 12.8 Å². The summed E-state index contributed by atoms with van der Waals surface area (Å²) in [6.45, 7) is 7.08. The molecule has 0 heterocycles. The zero-order chi connectivity index (χ0) is 10.5. The van der Waals surface area contributed by atoms with Crippen LogP contribution in [0.3, 0.4) is 0 Å². The first kappa shape index (κ1) is 17.0. The van der Waals surface area contributed by atoms with Gasteiger partial charge in [0.05, 0.1) is 0 Å². The van der Waals surface area contributed by atoms with Crippen molar-refractivity contribution >= 4 is 0 Å². The maximum absolute atomic E-state index is 3.54. The van der Waals surface area contributed by atoms with Gasteiger partial charge in [0.15, 0.2) is 0 Å². The van der Waals surface area contributed by atoms with Crippen molar-refractivity contribution in [3.63, 3.8) is 0 Å². The van der Waals surface area contributed by atoms with Crippen molar-refractivity contribution in [2.75, 3.05) is 0 Å². The molecule has 2 aromatic carbocycles. The Balaban J connectivity index is 0. The Morgan fingerprint density at radius 2 is 0.933 bits per heavy atom. The standard InChI is InChI=1S/2C5H5.C4H8.Zr/c2*1-2-4-5-3-1;1-3-4-2;/h2*1-5H;1-4H2;/q2*-1;-2;+4. The first-order valence-electron chi connectivity index (χ1n) is 4.83. The van der Waals surface area contributed by atoms with Gasteiger partial charge >= 0.3 is 26.2 Å². The molecule has 2 aromatic rings. The van der Waals surface area contributed by atoms with E-state index in [9.17, 15) is 0 Å². The topological polar surface area (TPSA) is 0 Å². The SMILES string of the molecule is [CH2-]CC[CH2-].[Zr+4].c1cc[cH-]c1.c1cc[cH-]c1. The normalized spacial score (nSPS) is 7.33. The number of hydrogen-bond acceptors (Lipinski definition) is 0. The monoisotopic (exact) mass is 276 g/mol. The van der Waals surface area contributed by atoms with E-state index in [-0.39, 0.29) is 26.2 Å². The van der Waals surface area contributed by atoms with Gasteiger partial charge in [-0.2, -0.15) is 36.4 Å². The second kappa shape index (κ2) is 16.0. The molecular formula is C14H18Zr. The van der Waals surface area contributed by atoms with E-state index in [1.807, 2.05) is 60.7 Å². The van der Waals surface area contributed by atoms with Gasteiger partial charge in [-0.05, 0) is 0 Å². The average molecular weight is 278 g/mol. The molecule has 0 amide bonds. The molecule has 0 aliphatic rings. The maximum atomic E-state index is 3.54. The Morgan fingerprint density at radius 1 is 0.667 bits per heavy atom. The summed E-state index contributed by atoms with van der Waals surface area (Å²) in [6, 6.07) is 20.0. The molecule has 0 saturated carbocycles. The Labute approximate surface area is 113 Å². The van der Waals surface area contributed by atoms with Crippen molar-refractivity contribution in [3.05, 3.63) is 74.5 Å². The Kier molecular flexibility index (Phi) is 18.2. The van der Waals surface area contributed by atoms with Crippen LogP contribution in [0, 0.1) is 13.8 Å². The third kappa shape index (κ3) is 16.3. The summed E-state index contributed by atoms with van der Waals surface area (Å²) in [6.07, 6.45) is 1.92. The molecular weight excluding hydrogens is 259 g/mol. The predicted octanol–water partition coefficient (Wildman–Crippen LogP) is 4.24. The summed E-state index contributed by atoms with van der Waals surface area (Å²) >= 11 is 0. The van der Waals surface area contributed by atoms with Crippen LogP contribution in [-0.4, -0.2) is 0 Å². The molecule has 0 saturated heterocycles. The molecule has 2 rings (SSSR count). The molecule has 0 radical (unpaired) electrons. The van der Waals surface area contributed by atoms with Crippen molar-refractivity contribution in [2.24, 2.45) is 0 Å². The molecule has 0 aromatic heterocycles. The Bertz CT molecular complexity index is 167. The zero-order valence-corrected chi connectivity index (χ0v) is 11.6. The van der Waals surface area contributed by atoms with E-state index >= 15 is 0 Å². The third-order valence-corrected chi connectivity index (χ3v) is 1.36. The molecule has 0 fully saturated rings. The van der Waals surface area contributed by atoms with Gasteiger partial charge in [-0.15, -0.1) is 0 Å². The van der Waals surface area contributed by atoms with E-state index in [4.69, 9.17) is 0 Å². The first-order valence-corrected chi connectivity index (χ1v) is 4.83. The maximum Gasteiger partial charge on any atom is 4.00 e. The van der Waals surface area contributed by atoms with Crippen molar-refractivity contribution in [3.8, 4) is 0 Å². The van der Waals surface area contributed by atoms with Crippen LogP contribution >= 0.6 is 0 Å². The van der Waals surface area contributed by atoms with Gasteiger partial charge in [0.1, 0.15) is 0 Å². The average Bonchev–Trinajstić information content (AvgIpc) is 2.94. The number of rotatable bonds is 1. The molecule has 78 valence electrons. The van der Waals surface area contributed by atoms with Crippen LogP contribution in [-0.2, 0) is 26.2 Å². The van der Waals surface area contributed by atoms with E-state index in [0.717, 1.165) is 12.8 Å². The van der Waals surface area contributed by atoms with Crippen LogP contribution in [0.1, 0.15) is 12.8 Å². The molecule has 0 nitrogen and oxygen atoms in total. The molecule has 0 spiro atoms. The van der Waals surface area contributed by atoms with Crippen molar-refractivity contribution < 1.29 is 26.2 Å². The Morgan fingerprint density at radius 3 is 1.00 bits per heavy atom. The van der Waals surface area contributed by atoms with Gasteiger partial charge in [0.2, 0.25) is 0 Å². The summed E-state index contributed by atoms with van der Waals surface area (Å²) in [4.78, 5) is 0. The smallest absolute Gasteiger partial charge is 0.346 e. The molecule has 1 heteroatoms. The van der Waals surface area contributed by atoms with Crippen molar-refractivity contribution in [1.29, 1.82) is 0 Å². The quantitative estimate of drug-likeness (QED) is 0.684. The molecule has 0 bridgehead atoms. The van der Waals surface area contributed by atoms with Crippen LogP contribution < -0.4 is 0 Å². The van der Waals surface area contributed by atoms with E-state index in [1.165, 1.54) is 0 Å². The van der Waals surface area contributed by atoms with Gasteiger partial charge in [0, 0.05) is 0 Å². The van der Waals surface area contributed by atoms with E-state index in [1.54, 1.807) is 0 Å². The van der Waals surface area contributed by atoms with E-state index < -0.39 is 0 Å².